The molecule has 2 heterocycles. The number of Topliss-reactive ketones (excluding diaryl/α,β-unsaturated/α-hetero) is 1. The van der Waals surface area contributed by atoms with Gasteiger partial charge in [0.1, 0.15) is 11.5 Å². The summed E-state index contributed by atoms with van der Waals surface area (Å²) in [5, 5.41) is 0. The summed E-state index contributed by atoms with van der Waals surface area (Å²) in [6, 6.07) is 5.19. The van der Waals surface area contributed by atoms with Crippen molar-refractivity contribution in [3.63, 3.8) is 0 Å². The van der Waals surface area contributed by atoms with Crippen molar-refractivity contribution in [3.8, 4) is 17.2 Å². The molecule has 0 radical (unpaired) electrons. The van der Waals surface area contributed by atoms with Gasteiger partial charge in [-0.25, -0.2) is 0 Å². The van der Waals surface area contributed by atoms with E-state index in [1.54, 1.807) is 23.1 Å². The first-order chi connectivity index (χ1) is 9.72. The van der Waals surface area contributed by atoms with Crippen LogP contribution >= 0.6 is 0 Å². The number of ketones is 1. The summed E-state index contributed by atoms with van der Waals surface area (Å²) in [4.78, 5) is 24.7. The van der Waals surface area contributed by atoms with Crippen molar-refractivity contribution >= 4 is 11.7 Å². The molecule has 106 valence electrons. The highest BCUT2D eigenvalue weighted by Crippen LogP contribution is 2.35. The van der Waals surface area contributed by atoms with Crippen molar-refractivity contribution in [3.05, 3.63) is 18.2 Å². The monoisotopic (exact) mass is 277 g/mol. The summed E-state index contributed by atoms with van der Waals surface area (Å²) >= 11 is 0. The first-order valence-electron chi connectivity index (χ1n) is 6.54. The third kappa shape index (κ3) is 2.68. The van der Waals surface area contributed by atoms with E-state index in [0.29, 0.717) is 43.2 Å². The fourth-order valence-electron chi connectivity index (χ4n) is 2.21. The number of fused-ring (bicyclic) bond motifs is 1. The van der Waals surface area contributed by atoms with Crippen LogP contribution in [-0.4, -0.2) is 43.1 Å². The van der Waals surface area contributed by atoms with Crippen LogP contribution in [0.5, 0.6) is 17.2 Å². The van der Waals surface area contributed by atoms with Gasteiger partial charge < -0.3 is 19.1 Å². The van der Waals surface area contributed by atoms with Crippen LogP contribution in [0.25, 0.3) is 0 Å². The molecule has 0 bridgehead atoms. The van der Waals surface area contributed by atoms with Crippen LogP contribution in [0, 0.1) is 0 Å². The molecule has 2 aliphatic rings. The van der Waals surface area contributed by atoms with E-state index in [1.807, 2.05) is 0 Å². The molecule has 1 amide bonds. The lowest BCUT2D eigenvalue weighted by Crippen LogP contribution is -2.41. The highest BCUT2D eigenvalue weighted by Gasteiger charge is 2.21. The summed E-state index contributed by atoms with van der Waals surface area (Å²) in [7, 11) is 0. The fraction of sp³-hybridized carbons (Fsp3) is 0.429. The first-order valence-corrected chi connectivity index (χ1v) is 6.54. The number of rotatable bonds is 3. The second-order valence-corrected chi connectivity index (χ2v) is 4.72. The van der Waals surface area contributed by atoms with Crippen LogP contribution in [0.3, 0.4) is 0 Å². The molecule has 0 unspecified atom stereocenters. The Morgan fingerprint density at radius 2 is 1.95 bits per heavy atom. The molecule has 1 aromatic rings. The minimum atomic E-state index is -0.102. The van der Waals surface area contributed by atoms with Crippen molar-refractivity contribution in [1.82, 2.24) is 4.90 Å². The van der Waals surface area contributed by atoms with E-state index in [0.717, 1.165) is 0 Å². The van der Waals surface area contributed by atoms with Gasteiger partial charge in [0, 0.05) is 32.0 Å². The number of piperidine rings is 1. The summed E-state index contributed by atoms with van der Waals surface area (Å²) < 4.78 is 15.9. The molecule has 1 aromatic carbocycles. The van der Waals surface area contributed by atoms with Gasteiger partial charge in [-0.05, 0) is 12.1 Å². The Bertz CT molecular complexity index is 532. The van der Waals surface area contributed by atoms with Gasteiger partial charge in [0.2, 0.25) is 6.79 Å². The van der Waals surface area contributed by atoms with Crippen LogP contribution in [-0.2, 0) is 9.59 Å². The number of hydrogen-bond acceptors (Lipinski definition) is 5. The number of benzene rings is 1. The Balaban J connectivity index is 1.54. The summed E-state index contributed by atoms with van der Waals surface area (Å²) in [5.74, 6) is 1.98. The number of carbonyl (C=O) groups excluding carboxylic acids is 2. The van der Waals surface area contributed by atoms with E-state index >= 15 is 0 Å². The maximum Gasteiger partial charge on any atom is 0.260 e. The molecule has 0 atom stereocenters. The molecule has 0 spiro atoms. The van der Waals surface area contributed by atoms with E-state index in [4.69, 9.17) is 14.2 Å². The van der Waals surface area contributed by atoms with Crippen molar-refractivity contribution < 1.29 is 23.8 Å². The average Bonchev–Trinajstić information content (AvgIpc) is 2.93. The number of nitrogens with zero attached hydrogens (tertiary/aromatic N) is 1. The molecular weight excluding hydrogens is 262 g/mol. The number of likely N-dealkylation sites (tertiary alicyclic amines) is 1. The summed E-state index contributed by atoms with van der Waals surface area (Å²) in [6.07, 6.45) is 0.880. The van der Waals surface area contributed by atoms with E-state index in [9.17, 15) is 9.59 Å². The van der Waals surface area contributed by atoms with Gasteiger partial charge in [0.15, 0.2) is 18.1 Å². The molecule has 0 aromatic heterocycles. The van der Waals surface area contributed by atoms with Gasteiger partial charge in [-0.1, -0.05) is 0 Å². The summed E-state index contributed by atoms with van der Waals surface area (Å²) in [5.41, 5.74) is 0. The average molecular weight is 277 g/mol. The molecule has 2 aliphatic heterocycles. The molecule has 1 saturated heterocycles. The maximum atomic E-state index is 11.9. The SMILES string of the molecule is O=C1CCN(C(=O)COc2ccc3c(c2)OCO3)CC1. The number of amides is 1. The largest absolute Gasteiger partial charge is 0.484 e. The number of ether oxygens (including phenoxy) is 3. The van der Waals surface area contributed by atoms with Crippen molar-refractivity contribution in [2.75, 3.05) is 26.5 Å². The number of hydrogen-bond donors (Lipinski definition) is 0. The van der Waals surface area contributed by atoms with Crippen molar-refractivity contribution in [1.29, 1.82) is 0 Å². The Morgan fingerprint density at radius 3 is 2.75 bits per heavy atom. The lowest BCUT2D eigenvalue weighted by atomic mass is 10.1. The van der Waals surface area contributed by atoms with Crippen LogP contribution < -0.4 is 14.2 Å². The quantitative estimate of drug-likeness (QED) is 0.824. The van der Waals surface area contributed by atoms with E-state index in [-0.39, 0.29) is 25.1 Å². The maximum absolute atomic E-state index is 11.9. The zero-order valence-electron chi connectivity index (χ0n) is 11.0. The topological polar surface area (TPSA) is 65.1 Å². The third-order valence-corrected chi connectivity index (χ3v) is 3.38. The fourth-order valence-corrected chi connectivity index (χ4v) is 2.21. The molecule has 0 aliphatic carbocycles. The van der Waals surface area contributed by atoms with Gasteiger partial charge in [-0.15, -0.1) is 0 Å². The van der Waals surface area contributed by atoms with Crippen LogP contribution in [0.1, 0.15) is 12.8 Å². The van der Waals surface area contributed by atoms with Gasteiger partial charge >= 0.3 is 0 Å². The Kier molecular flexibility index (Phi) is 3.45. The van der Waals surface area contributed by atoms with Crippen LogP contribution in [0.4, 0.5) is 0 Å². The Labute approximate surface area is 116 Å². The van der Waals surface area contributed by atoms with E-state index < -0.39 is 0 Å². The minimum Gasteiger partial charge on any atom is -0.484 e. The molecule has 6 nitrogen and oxygen atoms in total. The lowest BCUT2D eigenvalue weighted by Gasteiger charge is -2.25. The second-order valence-electron chi connectivity index (χ2n) is 4.72. The van der Waals surface area contributed by atoms with E-state index in [2.05, 4.69) is 0 Å². The molecule has 1 fully saturated rings. The van der Waals surface area contributed by atoms with Gasteiger partial charge in [0.05, 0.1) is 0 Å². The zero-order valence-corrected chi connectivity index (χ0v) is 11.0. The van der Waals surface area contributed by atoms with Crippen molar-refractivity contribution in [2.45, 2.75) is 12.8 Å². The first kappa shape index (κ1) is 12.8. The normalized spacial score (nSPS) is 17.2. The highest BCUT2D eigenvalue weighted by atomic mass is 16.7. The van der Waals surface area contributed by atoms with Gasteiger partial charge in [0.25, 0.3) is 5.91 Å². The Hall–Kier alpha value is -2.24. The lowest BCUT2D eigenvalue weighted by molar-refractivity contribution is -0.136. The third-order valence-electron chi connectivity index (χ3n) is 3.38. The molecule has 20 heavy (non-hydrogen) atoms. The standard InChI is InChI=1S/C14H15NO5/c16-10-3-5-15(6-4-10)14(17)8-18-11-1-2-12-13(7-11)20-9-19-12/h1-2,7H,3-6,8-9H2. The van der Waals surface area contributed by atoms with Crippen molar-refractivity contribution in [2.24, 2.45) is 0 Å². The molecule has 3 rings (SSSR count). The number of carbonyl (C=O) groups is 2. The Morgan fingerprint density at radius 1 is 1.20 bits per heavy atom. The predicted octanol–water partition coefficient (Wildman–Crippen LogP) is 0.986. The minimum absolute atomic E-state index is 0.0339. The molecule has 0 saturated carbocycles. The zero-order chi connectivity index (χ0) is 13.9. The smallest absolute Gasteiger partial charge is 0.260 e. The van der Waals surface area contributed by atoms with Crippen LogP contribution in [0.15, 0.2) is 18.2 Å². The highest BCUT2D eigenvalue weighted by molar-refractivity contribution is 5.84. The second kappa shape index (κ2) is 5.40. The van der Waals surface area contributed by atoms with E-state index in [1.165, 1.54) is 0 Å². The van der Waals surface area contributed by atoms with Crippen LogP contribution in [0.2, 0.25) is 0 Å². The van der Waals surface area contributed by atoms with Gasteiger partial charge in [-0.3, -0.25) is 9.59 Å². The summed E-state index contributed by atoms with van der Waals surface area (Å²) in [6.45, 7) is 1.15. The molecule has 0 N–H and O–H groups in total. The molecule has 6 heteroatoms. The predicted molar refractivity (Wildman–Crippen MR) is 68.9 cm³/mol. The molecular formula is C14H15NO5. The van der Waals surface area contributed by atoms with Gasteiger partial charge in [-0.2, -0.15) is 0 Å².